The Hall–Kier alpha value is -2.28. The van der Waals surface area contributed by atoms with Crippen molar-refractivity contribution in [1.82, 2.24) is 20.2 Å². The van der Waals surface area contributed by atoms with Gasteiger partial charge in [0, 0.05) is 12.1 Å². The standard InChI is InChI=1S/C21H25ClN6/c1-26-13-15-27(16-14-26)20(18-9-5-6-10-19(18)22)21-23-24-25-28(21)12-11-17-7-3-2-4-8-17/h2-10,20H,11-16H2,1H3/p+2/t20-/m0/s1. The first-order chi connectivity index (χ1) is 13.7. The number of piperazine rings is 1. The van der Waals surface area contributed by atoms with Crippen LogP contribution < -0.4 is 9.80 Å². The SMILES string of the molecule is C[NH+]1CC[NH+]([C@@H](c2ccccc2Cl)c2nnnn2CCc2ccccc2)CC1. The summed E-state index contributed by atoms with van der Waals surface area (Å²) in [5, 5.41) is 13.6. The minimum Gasteiger partial charge on any atom is -0.328 e. The van der Waals surface area contributed by atoms with Crippen molar-refractivity contribution in [3.63, 3.8) is 0 Å². The molecule has 0 unspecified atom stereocenters. The topological polar surface area (TPSA) is 52.5 Å². The largest absolute Gasteiger partial charge is 0.328 e. The van der Waals surface area contributed by atoms with Gasteiger partial charge in [-0.1, -0.05) is 60.1 Å². The molecule has 2 N–H and O–H groups in total. The number of hydrogen-bond acceptors (Lipinski definition) is 3. The Labute approximate surface area is 170 Å². The van der Waals surface area contributed by atoms with Crippen LogP contribution in [0.4, 0.5) is 0 Å². The van der Waals surface area contributed by atoms with E-state index in [2.05, 4.69) is 52.9 Å². The zero-order chi connectivity index (χ0) is 19.3. The fourth-order valence-electron chi connectivity index (χ4n) is 3.99. The zero-order valence-electron chi connectivity index (χ0n) is 16.2. The maximum absolute atomic E-state index is 6.61. The van der Waals surface area contributed by atoms with Crippen molar-refractivity contribution in [2.75, 3.05) is 33.2 Å². The zero-order valence-corrected chi connectivity index (χ0v) is 16.9. The van der Waals surface area contributed by atoms with Gasteiger partial charge in [-0.05, 0) is 28.5 Å². The van der Waals surface area contributed by atoms with Crippen molar-refractivity contribution in [2.24, 2.45) is 0 Å². The quantitative estimate of drug-likeness (QED) is 0.618. The van der Waals surface area contributed by atoms with E-state index >= 15 is 0 Å². The van der Waals surface area contributed by atoms with Crippen molar-refractivity contribution in [3.05, 3.63) is 76.6 Å². The molecule has 2 heterocycles. The van der Waals surface area contributed by atoms with E-state index in [0.29, 0.717) is 0 Å². The van der Waals surface area contributed by atoms with Crippen LogP contribution in [0.1, 0.15) is 23.0 Å². The number of aromatic nitrogens is 4. The molecule has 0 saturated carbocycles. The molecule has 0 amide bonds. The van der Waals surface area contributed by atoms with Gasteiger partial charge >= 0.3 is 0 Å². The van der Waals surface area contributed by atoms with Crippen molar-refractivity contribution < 1.29 is 9.80 Å². The molecule has 1 aliphatic heterocycles. The number of likely N-dealkylation sites (N-methyl/N-ethyl adjacent to an activating group) is 1. The third kappa shape index (κ3) is 4.24. The molecule has 1 aromatic heterocycles. The third-order valence-corrected chi connectivity index (χ3v) is 5.99. The second kappa shape index (κ2) is 8.82. The number of rotatable bonds is 6. The van der Waals surface area contributed by atoms with Gasteiger partial charge < -0.3 is 9.80 Å². The van der Waals surface area contributed by atoms with Crippen LogP contribution in [0.15, 0.2) is 54.6 Å². The molecule has 0 aliphatic carbocycles. The van der Waals surface area contributed by atoms with Crippen LogP contribution in [0.25, 0.3) is 0 Å². The summed E-state index contributed by atoms with van der Waals surface area (Å²) in [6.07, 6.45) is 0.899. The molecule has 7 heteroatoms. The molecule has 1 fully saturated rings. The Morgan fingerprint density at radius 3 is 2.46 bits per heavy atom. The van der Waals surface area contributed by atoms with Gasteiger partial charge in [-0.25, -0.2) is 4.68 Å². The number of aryl methyl sites for hydroxylation is 2. The molecule has 2 aromatic carbocycles. The maximum atomic E-state index is 6.61. The van der Waals surface area contributed by atoms with Crippen LogP contribution in [-0.4, -0.2) is 53.4 Å². The second-order valence-electron chi connectivity index (χ2n) is 7.57. The highest BCUT2D eigenvalue weighted by atomic mass is 35.5. The Morgan fingerprint density at radius 1 is 1.00 bits per heavy atom. The van der Waals surface area contributed by atoms with Gasteiger partial charge in [-0.3, -0.25) is 0 Å². The maximum Gasteiger partial charge on any atom is 0.214 e. The minimum atomic E-state index is 0.0487. The minimum absolute atomic E-state index is 0.0487. The lowest BCUT2D eigenvalue weighted by atomic mass is 10.0. The van der Waals surface area contributed by atoms with Gasteiger partial charge in [0.15, 0.2) is 6.04 Å². The summed E-state index contributed by atoms with van der Waals surface area (Å²) >= 11 is 6.61. The lowest BCUT2D eigenvalue weighted by Crippen LogP contribution is -3.27. The molecular formula is C21H27ClN6+2. The summed E-state index contributed by atoms with van der Waals surface area (Å²) in [7, 11) is 2.26. The van der Waals surface area contributed by atoms with Crippen LogP contribution in [-0.2, 0) is 13.0 Å². The molecule has 1 aliphatic rings. The fraction of sp³-hybridized carbons (Fsp3) is 0.381. The Bertz CT molecular complexity index is 889. The highest BCUT2D eigenvalue weighted by molar-refractivity contribution is 6.31. The molecule has 146 valence electrons. The van der Waals surface area contributed by atoms with Crippen LogP contribution in [0.2, 0.25) is 5.02 Å². The number of tetrazole rings is 1. The highest BCUT2D eigenvalue weighted by Gasteiger charge is 2.35. The van der Waals surface area contributed by atoms with Crippen molar-refractivity contribution in [2.45, 2.75) is 19.0 Å². The van der Waals surface area contributed by atoms with Crippen molar-refractivity contribution >= 4 is 11.6 Å². The van der Waals surface area contributed by atoms with Gasteiger partial charge in [-0.2, -0.15) is 0 Å². The van der Waals surface area contributed by atoms with E-state index in [1.165, 1.54) is 10.5 Å². The summed E-state index contributed by atoms with van der Waals surface area (Å²) < 4.78 is 1.96. The number of benzene rings is 2. The van der Waals surface area contributed by atoms with E-state index in [1.807, 2.05) is 28.9 Å². The van der Waals surface area contributed by atoms with Gasteiger partial charge in [0.05, 0.1) is 12.1 Å². The van der Waals surface area contributed by atoms with Gasteiger partial charge in [0.1, 0.15) is 26.2 Å². The van der Waals surface area contributed by atoms with Crippen molar-refractivity contribution in [1.29, 1.82) is 0 Å². The van der Waals surface area contributed by atoms with Gasteiger partial charge in [-0.15, -0.1) is 5.10 Å². The van der Waals surface area contributed by atoms with Gasteiger partial charge in [0.25, 0.3) is 0 Å². The predicted molar refractivity (Wildman–Crippen MR) is 109 cm³/mol. The van der Waals surface area contributed by atoms with Crippen LogP contribution in [0.5, 0.6) is 0 Å². The van der Waals surface area contributed by atoms with E-state index in [1.54, 1.807) is 4.90 Å². The lowest BCUT2D eigenvalue weighted by molar-refractivity contribution is -1.02. The molecule has 0 radical (unpaired) electrons. The van der Waals surface area contributed by atoms with Gasteiger partial charge in [0.2, 0.25) is 5.82 Å². The van der Waals surface area contributed by atoms with E-state index < -0.39 is 0 Å². The first-order valence-corrected chi connectivity index (χ1v) is 10.3. The second-order valence-corrected chi connectivity index (χ2v) is 7.97. The average Bonchev–Trinajstić information content (AvgIpc) is 3.18. The predicted octanol–water partition coefficient (Wildman–Crippen LogP) is 0.0718. The number of nitrogens with one attached hydrogen (secondary N) is 2. The molecule has 1 saturated heterocycles. The number of hydrogen-bond donors (Lipinski definition) is 2. The van der Waals surface area contributed by atoms with Crippen LogP contribution in [0.3, 0.4) is 0 Å². The van der Waals surface area contributed by atoms with Crippen molar-refractivity contribution in [3.8, 4) is 0 Å². The molecule has 4 rings (SSSR count). The molecule has 0 spiro atoms. The highest BCUT2D eigenvalue weighted by Crippen LogP contribution is 2.25. The average molecular weight is 399 g/mol. The number of halogens is 1. The Balaban J connectivity index is 1.64. The molecule has 1 atom stereocenters. The summed E-state index contributed by atoms with van der Waals surface area (Å²) in [5.41, 5.74) is 2.39. The van der Waals surface area contributed by atoms with E-state index in [4.69, 9.17) is 11.6 Å². The smallest absolute Gasteiger partial charge is 0.214 e. The first kappa shape index (κ1) is 19.1. The summed E-state index contributed by atoms with van der Waals surface area (Å²) in [6.45, 7) is 5.19. The van der Waals surface area contributed by atoms with Crippen LogP contribution >= 0.6 is 11.6 Å². The van der Waals surface area contributed by atoms with Crippen LogP contribution in [0, 0.1) is 0 Å². The molecule has 0 bridgehead atoms. The Morgan fingerprint density at radius 2 is 1.71 bits per heavy atom. The van der Waals surface area contributed by atoms with E-state index in [0.717, 1.165) is 55.6 Å². The van der Waals surface area contributed by atoms with E-state index in [9.17, 15) is 0 Å². The molecule has 28 heavy (non-hydrogen) atoms. The molecule has 3 aromatic rings. The number of quaternary nitrogens is 2. The van der Waals surface area contributed by atoms with E-state index in [-0.39, 0.29) is 6.04 Å². The summed E-state index contributed by atoms with van der Waals surface area (Å²) in [6, 6.07) is 18.6. The summed E-state index contributed by atoms with van der Waals surface area (Å²) in [4.78, 5) is 3.06. The number of nitrogens with zero attached hydrogens (tertiary/aromatic N) is 4. The fourth-order valence-corrected chi connectivity index (χ4v) is 4.24. The lowest BCUT2D eigenvalue weighted by Gasteiger charge is -2.33. The molecule has 6 nitrogen and oxygen atoms in total. The first-order valence-electron chi connectivity index (χ1n) is 9.92. The summed E-state index contributed by atoms with van der Waals surface area (Å²) in [5.74, 6) is 0.901. The third-order valence-electron chi connectivity index (χ3n) is 5.64. The monoisotopic (exact) mass is 398 g/mol. The Kier molecular flexibility index (Phi) is 6.00. The normalized spacial score (nSPS) is 20.8. The molecular weight excluding hydrogens is 372 g/mol.